The highest BCUT2D eigenvalue weighted by atomic mass is 79.9. The molecule has 1 aromatic heterocycles. The summed E-state index contributed by atoms with van der Waals surface area (Å²) in [6.45, 7) is 0.0110. The number of carbonyl (C=O) groups is 2. The van der Waals surface area contributed by atoms with E-state index in [1.54, 1.807) is 24.3 Å². The molecule has 1 heterocycles. The van der Waals surface area contributed by atoms with Crippen molar-refractivity contribution in [3.05, 3.63) is 52.4 Å². The predicted molar refractivity (Wildman–Crippen MR) is 81.2 cm³/mol. The van der Waals surface area contributed by atoms with Gasteiger partial charge >= 0.3 is 0 Å². The molecule has 4 N–H and O–H groups in total. The Morgan fingerprint density at radius 3 is 2.57 bits per heavy atom. The molecule has 0 spiro atoms. The molecule has 0 unspecified atom stereocenters. The average Bonchev–Trinajstić information content (AvgIpc) is 2.83. The summed E-state index contributed by atoms with van der Waals surface area (Å²) < 4.78 is 5.66. The largest absolute Gasteiger partial charge is 0.444 e. The summed E-state index contributed by atoms with van der Waals surface area (Å²) in [5.74, 6) is -0.883. The zero-order chi connectivity index (χ0) is 15.4. The van der Waals surface area contributed by atoms with Gasteiger partial charge in [0.05, 0.1) is 0 Å². The third-order valence-electron chi connectivity index (χ3n) is 2.74. The SMILES string of the molecule is NC(=O)CN(Cc1cccc(N)c1)C(=O)c1ccc(Br)o1. The van der Waals surface area contributed by atoms with Gasteiger partial charge in [0.1, 0.15) is 6.54 Å². The highest BCUT2D eigenvalue weighted by Gasteiger charge is 2.21. The molecule has 1 aromatic carbocycles. The average molecular weight is 352 g/mol. The molecule has 21 heavy (non-hydrogen) atoms. The Kier molecular flexibility index (Phi) is 4.64. The second kappa shape index (κ2) is 6.45. The maximum Gasteiger partial charge on any atom is 0.290 e. The summed E-state index contributed by atoms with van der Waals surface area (Å²) in [6.07, 6.45) is 0. The minimum Gasteiger partial charge on any atom is -0.444 e. The quantitative estimate of drug-likeness (QED) is 0.800. The fourth-order valence-corrected chi connectivity index (χ4v) is 2.19. The van der Waals surface area contributed by atoms with E-state index in [9.17, 15) is 9.59 Å². The van der Waals surface area contributed by atoms with Crippen LogP contribution >= 0.6 is 15.9 Å². The maximum atomic E-state index is 12.4. The van der Waals surface area contributed by atoms with Crippen LogP contribution < -0.4 is 11.5 Å². The van der Waals surface area contributed by atoms with Gasteiger partial charge in [-0.25, -0.2) is 0 Å². The van der Waals surface area contributed by atoms with Crippen LogP contribution in [0.5, 0.6) is 0 Å². The van der Waals surface area contributed by atoms with Crippen LogP contribution in [0.3, 0.4) is 0 Å². The molecule has 2 aromatic rings. The number of nitrogens with zero attached hydrogens (tertiary/aromatic N) is 1. The standard InChI is InChI=1S/C14H14BrN3O3/c15-12-5-4-11(21-12)14(20)18(8-13(17)19)7-9-2-1-3-10(16)6-9/h1-6H,7-8,16H2,(H2,17,19). The van der Waals surface area contributed by atoms with Crippen molar-refractivity contribution in [2.75, 3.05) is 12.3 Å². The molecule has 110 valence electrons. The number of nitrogens with two attached hydrogens (primary N) is 2. The molecule has 7 heteroatoms. The molecule has 0 aliphatic heterocycles. The Bertz CT molecular complexity index is 669. The van der Waals surface area contributed by atoms with Gasteiger partial charge in [-0.3, -0.25) is 9.59 Å². The summed E-state index contributed by atoms with van der Waals surface area (Å²) in [6, 6.07) is 10.2. The molecule has 0 aliphatic carbocycles. The zero-order valence-electron chi connectivity index (χ0n) is 11.1. The van der Waals surface area contributed by atoms with E-state index < -0.39 is 11.8 Å². The number of halogens is 1. The summed E-state index contributed by atoms with van der Waals surface area (Å²) in [4.78, 5) is 24.8. The van der Waals surface area contributed by atoms with Crippen LogP contribution in [-0.4, -0.2) is 23.3 Å². The van der Waals surface area contributed by atoms with E-state index in [2.05, 4.69) is 15.9 Å². The second-order valence-corrected chi connectivity index (χ2v) is 5.26. The summed E-state index contributed by atoms with van der Waals surface area (Å²) in [7, 11) is 0. The zero-order valence-corrected chi connectivity index (χ0v) is 12.7. The van der Waals surface area contributed by atoms with E-state index in [1.165, 1.54) is 11.0 Å². The first-order valence-electron chi connectivity index (χ1n) is 6.13. The van der Waals surface area contributed by atoms with Crippen LogP contribution in [0.25, 0.3) is 0 Å². The third-order valence-corrected chi connectivity index (χ3v) is 3.17. The highest BCUT2D eigenvalue weighted by Crippen LogP contribution is 2.17. The number of hydrogen-bond acceptors (Lipinski definition) is 4. The topological polar surface area (TPSA) is 103 Å². The van der Waals surface area contributed by atoms with Crippen molar-refractivity contribution < 1.29 is 14.0 Å². The molecule has 0 bridgehead atoms. The number of primary amides is 1. The van der Waals surface area contributed by atoms with Gasteiger partial charge in [-0.05, 0) is 45.8 Å². The number of benzene rings is 1. The van der Waals surface area contributed by atoms with Crippen LogP contribution in [0.1, 0.15) is 16.1 Å². The highest BCUT2D eigenvalue weighted by molar-refractivity contribution is 9.10. The normalized spacial score (nSPS) is 10.3. The molecule has 0 radical (unpaired) electrons. The van der Waals surface area contributed by atoms with E-state index >= 15 is 0 Å². The van der Waals surface area contributed by atoms with Gasteiger partial charge in [-0.2, -0.15) is 0 Å². The van der Waals surface area contributed by atoms with E-state index in [0.717, 1.165) is 5.56 Å². The third kappa shape index (κ3) is 4.09. The minimum atomic E-state index is -0.599. The van der Waals surface area contributed by atoms with Gasteiger partial charge in [0, 0.05) is 12.2 Å². The lowest BCUT2D eigenvalue weighted by atomic mass is 10.2. The second-order valence-electron chi connectivity index (χ2n) is 4.48. The number of hydrogen-bond donors (Lipinski definition) is 2. The van der Waals surface area contributed by atoms with Crippen LogP contribution in [0, 0.1) is 0 Å². The van der Waals surface area contributed by atoms with Gasteiger partial charge < -0.3 is 20.8 Å². The molecular weight excluding hydrogens is 338 g/mol. The van der Waals surface area contributed by atoms with E-state index in [-0.39, 0.29) is 18.8 Å². The van der Waals surface area contributed by atoms with E-state index in [1.807, 2.05) is 6.07 Å². The minimum absolute atomic E-state index is 0.132. The molecule has 0 saturated heterocycles. The van der Waals surface area contributed by atoms with Crippen molar-refractivity contribution in [3.63, 3.8) is 0 Å². The maximum absolute atomic E-state index is 12.4. The van der Waals surface area contributed by atoms with Gasteiger partial charge in [0.2, 0.25) is 5.91 Å². The monoisotopic (exact) mass is 351 g/mol. The van der Waals surface area contributed by atoms with Crippen molar-refractivity contribution in [2.24, 2.45) is 5.73 Å². The molecular formula is C14H14BrN3O3. The molecule has 0 fully saturated rings. The van der Waals surface area contributed by atoms with Crippen LogP contribution in [0.4, 0.5) is 5.69 Å². The van der Waals surface area contributed by atoms with Crippen molar-refractivity contribution in [3.8, 4) is 0 Å². The molecule has 0 aliphatic rings. The number of carbonyl (C=O) groups excluding carboxylic acids is 2. The molecule has 2 rings (SSSR count). The number of amides is 2. The lowest BCUT2D eigenvalue weighted by Crippen LogP contribution is -2.37. The first kappa shape index (κ1) is 15.1. The van der Waals surface area contributed by atoms with Gasteiger partial charge in [-0.15, -0.1) is 0 Å². The summed E-state index contributed by atoms with van der Waals surface area (Å²) in [5.41, 5.74) is 12.3. The van der Waals surface area contributed by atoms with Crippen molar-refractivity contribution in [1.29, 1.82) is 0 Å². The van der Waals surface area contributed by atoms with Crippen LogP contribution in [0.15, 0.2) is 45.5 Å². The Balaban J connectivity index is 2.21. The number of furan rings is 1. The fraction of sp³-hybridized carbons (Fsp3) is 0.143. The first-order chi connectivity index (χ1) is 9.95. The number of anilines is 1. The smallest absolute Gasteiger partial charge is 0.290 e. The molecule has 6 nitrogen and oxygen atoms in total. The van der Waals surface area contributed by atoms with Crippen molar-refractivity contribution >= 4 is 33.4 Å². The number of rotatable bonds is 5. The van der Waals surface area contributed by atoms with E-state index in [0.29, 0.717) is 10.4 Å². The Morgan fingerprint density at radius 1 is 1.24 bits per heavy atom. The molecule has 0 atom stereocenters. The Morgan fingerprint density at radius 2 is 2.00 bits per heavy atom. The number of nitrogen functional groups attached to an aromatic ring is 1. The Hall–Kier alpha value is -2.28. The van der Waals surface area contributed by atoms with Crippen LogP contribution in [0.2, 0.25) is 0 Å². The lowest BCUT2D eigenvalue weighted by molar-refractivity contribution is -0.118. The van der Waals surface area contributed by atoms with Gasteiger partial charge in [0.15, 0.2) is 10.4 Å². The van der Waals surface area contributed by atoms with E-state index in [4.69, 9.17) is 15.9 Å². The predicted octanol–water partition coefficient (Wildman–Crippen LogP) is 1.75. The molecule has 0 saturated carbocycles. The first-order valence-corrected chi connectivity index (χ1v) is 6.92. The Labute approximate surface area is 129 Å². The molecule has 2 amide bonds. The van der Waals surface area contributed by atoms with Crippen molar-refractivity contribution in [1.82, 2.24) is 4.90 Å². The lowest BCUT2D eigenvalue weighted by Gasteiger charge is -2.20. The van der Waals surface area contributed by atoms with Gasteiger partial charge in [0.25, 0.3) is 5.91 Å². The summed E-state index contributed by atoms with van der Waals surface area (Å²) >= 11 is 3.13. The van der Waals surface area contributed by atoms with Gasteiger partial charge in [-0.1, -0.05) is 12.1 Å². The van der Waals surface area contributed by atoms with Crippen LogP contribution in [-0.2, 0) is 11.3 Å². The summed E-state index contributed by atoms with van der Waals surface area (Å²) in [5, 5.41) is 0. The van der Waals surface area contributed by atoms with Crippen molar-refractivity contribution in [2.45, 2.75) is 6.54 Å². The fourth-order valence-electron chi connectivity index (χ4n) is 1.88.